The van der Waals surface area contributed by atoms with E-state index in [0.717, 1.165) is 4.90 Å². The molecule has 1 N–H and O–H groups in total. The van der Waals surface area contributed by atoms with Gasteiger partial charge in [-0.25, -0.2) is 9.69 Å². The monoisotopic (exact) mass is 386 g/mol. The second-order valence-corrected chi connectivity index (χ2v) is 5.93. The molecule has 1 fully saturated rings. The molecule has 2 aromatic carbocycles. The molecule has 2 aromatic rings. The molecule has 1 saturated heterocycles. The summed E-state index contributed by atoms with van der Waals surface area (Å²) >= 11 is 6.10. The topological polar surface area (TPSA) is 84.9 Å². The molecule has 0 spiro atoms. The highest BCUT2D eigenvalue weighted by molar-refractivity contribution is 6.42. The third kappa shape index (κ3) is 3.50. The van der Waals surface area contributed by atoms with Crippen LogP contribution in [0.3, 0.4) is 0 Å². The number of ether oxygens (including phenoxy) is 2. The number of halogens is 1. The van der Waals surface area contributed by atoms with Gasteiger partial charge in [-0.05, 0) is 35.9 Å². The van der Waals surface area contributed by atoms with Gasteiger partial charge in [0.15, 0.2) is 11.5 Å². The van der Waals surface area contributed by atoms with Crippen LogP contribution in [0.2, 0.25) is 5.02 Å². The fourth-order valence-electron chi connectivity index (χ4n) is 2.62. The number of imide groups is 2. The summed E-state index contributed by atoms with van der Waals surface area (Å²) in [4.78, 5) is 38.1. The van der Waals surface area contributed by atoms with Crippen LogP contribution in [0.1, 0.15) is 5.56 Å². The van der Waals surface area contributed by atoms with Gasteiger partial charge in [-0.15, -0.1) is 0 Å². The molecular weight excluding hydrogens is 372 g/mol. The first-order chi connectivity index (χ1) is 13.0. The molecule has 1 aliphatic heterocycles. The molecule has 0 unspecified atom stereocenters. The summed E-state index contributed by atoms with van der Waals surface area (Å²) in [6, 6.07) is 10.4. The lowest BCUT2D eigenvalue weighted by molar-refractivity contribution is -0.122. The highest BCUT2D eigenvalue weighted by Gasteiger charge is 2.37. The van der Waals surface area contributed by atoms with Crippen molar-refractivity contribution in [3.05, 3.63) is 58.6 Å². The van der Waals surface area contributed by atoms with Crippen molar-refractivity contribution in [2.24, 2.45) is 0 Å². The molecule has 27 heavy (non-hydrogen) atoms. The van der Waals surface area contributed by atoms with Crippen molar-refractivity contribution < 1.29 is 23.9 Å². The highest BCUT2D eigenvalue weighted by atomic mass is 35.5. The van der Waals surface area contributed by atoms with Crippen molar-refractivity contribution in [2.45, 2.75) is 0 Å². The average molecular weight is 387 g/mol. The van der Waals surface area contributed by atoms with Gasteiger partial charge >= 0.3 is 6.03 Å². The number of carbonyl (C=O) groups is 3. The van der Waals surface area contributed by atoms with Gasteiger partial charge in [-0.3, -0.25) is 14.9 Å². The van der Waals surface area contributed by atoms with Crippen molar-refractivity contribution in [3.8, 4) is 11.5 Å². The summed E-state index contributed by atoms with van der Waals surface area (Å²) in [5.41, 5.74) is 0.508. The first-order valence-electron chi connectivity index (χ1n) is 7.84. The zero-order valence-electron chi connectivity index (χ0n) is 14.5. The Labute approximate surface area is 160 Å². The number of nitrogens with one attached hydrogen (secondary N) is 1. The Hall–Kier alpha value is -3.32. The molecule has 0 aliphatic carbocycles. The van der Waals surface area contributed by atoms with E-state index >= 15 is 0 Å². The molecule has 1 heterocycles. The van der Waals surface area contributed by atoms with Crippen LogP contribution in [0.4, 0.5) is 10.5 Å². The number of methoxy groups -OCH3 is 2. The van der Waals surface area contributed by atoms with Gasteiger partial charge in [0.05, 0.1) is 24.9 Å². The minimum atomic E-state index is -0.859. The number of benzene rings is 2. The molecule has 8 heteroatoms. The number of nitrogens with zero attached hydrogens (tertiary/aromatic N) is 1. The number of hydrogen-bond acceptors (Lipinski definition) is 5. The Morgan fingerprint density at radius 3 is 2.37 bits per heavy atom. The molecule has 4 amide bonds. The Balaban J connectivity index is 2.03. The van der Waals surface area contributed by atoms with Crippen molar-refractivity contribution in [2.75, 3.05) is 19.1 Å². The standard InChI is InChI=1S/C19H15ClN2O5/c1-26-15-8-7-11(10-16(15)27-2)9-12-17(23)21-19(25)22(18(12)24)14-6-4-3-5-13(14)20/h3-10H,1-2H3,(H,21,23,25)/b12-9+. The summed E-state index contributed by atoms with van der Waals surface area (Å²) in [5, 5.41) is 2.36. The first kappa shape index (κ1) is 18.5. The number of urea groups is 1. The Morgan fingerprint density at radius 2 is 1.70 bits per heavy atom. The van der Waals surface area contributed by atoms with Crippen molar-refractivity contribution in [3.63, 3.8) is 0 Å². The lowest BCUT2D eigenvalue weighted by Gasteiger charge is -2.27. The van der Waals surface area contributed by atoms with Crippen LogP contribution in [-0.4, -0.2) is 32.1 Å². The van der Waals surface area contributed by atoms with E-state index in [4.69, 9.17) is 21.1 Å². The number of anilines is 1. The van der Waals surface area contributed by atoms with Gasteiger partial charge in [0, 0.05) is 0 Å². The van der Waals surface area contributed by atoms with E-state index in [2.05, 4.69) is 5.32 Å². The van der Waals surface area contributed by atoms with Gasteiger partial charge < -0.3 is 9.47 Å². The quantitative estimate of drug-likeness (QED) is 0.645. The molecule has 0 saturated carbocycles. The summed E-state index contributed by atoms with van der Waals surface area (Å²) in [6.07, 6.45) is 1.37. The third-order valence-electron chi connectivity index (χ3n) is 3.91. The molecule has 0 bridgehead atoms. The summed E-state index contributed by atoms with van der Waals surface area (Å²) < 4.78 is 10.4. The first-order valence-corrected chi connectivity index (χ1v) is 8.22. The number of rotatable bonds is 4. The molecular formula is C19H15ClN2O5. The van der Waals surface area contributed by atoms with Crippen LogP contribution in [0, 0.1) is 0 Å². The van der Waals surface area contributed by atoms with Crippen molar-refractivity contribution in [1.29, 1.82) is 0 Å². The second-order valence-electron chi connectivity index (χ2n) is 5.52. The van der Waals surface area contributed by atoms with Crippen LogP contribution in [-0.2, 0) is 9.59 Å². The fraction of sp³-hybridized carbons (Fsp3) is 0.105. The Kier molecular flexibility index (Phi) is 5.14. The largest absolute Gasteiger partial charge is 0.493 e. The maximum absolute atomic E-state index is 12.8. The minimum absolute atomic E-state index is 0.187. The molecule has 0 aromatic heterocycles. The zero-order valence-corrected chi connectivity index (χ0v) is 15.2. The van der Waals surface area contributed by atoms with Crippen LogP contribution in [0.15, 0.2) is 48.0 Å². The molecule has 0 radical (unpaired) electrons. The fourth-order valence-corrected chi connectivity index (χ4v) is 2.84. The number of carbonyl (C=O) groups excluding carboxylic acids is 3. The highest BCUT2D eigenvalue weighted by Crippen LogP contribution is 2.31. The van der Waals surface area contributed by atoms with E-state index in [1.54, 1.807) is 36.4 Å². The molecule has 0 atom stereocenters. The van der Waals surface area contributed by atoms with E-state index in [1.165, 1.54) is 26.4 Å². The summed E-state index contributed by atoms with van der Waals surface area (Å²) in [7, 11) is 2.98. The summed E-state index contributed by atoms with van der Waals surface area (Å²) in [6.45, 7) is 0. The van der Waals surface area contributed by atoms with Crippen LogP contribution < -0.4 is 19.7 Å². The maximum atomic E-state index is 12.8. The molecule has 1 aliphatic rings. The normalized spacial score (nSPS) is 15.7. The number of barbiturate groups is 1. The van der Waals surface area contributed by atoms with Gasteiger partial charge in [0.2, 0.25) is 0 Å². The lowest BCUT2D eigenvalue weighted by atomic mass is 10.1. The Morgan fingerprint density at radius 1 is 1.00 bits per heavy atom. The number of hydrogen-bond donors (Lipinski definition) is 1. The van der Waals surface area contributed by atoms with Crippen LogP contribution >= 0.6 is 11.6 Å². The predicted molar refractivity (Wildman–Crippen MR) is 100.0 cm³/mol. The molecule has 3 rings (SSSR count). The van der Waals surface area contributed by atoms with E-state index in [-0.39, 0.29) is 16.3 Å². The Bertz CT molecular complexity index is 970. The minimum Gasteiger partial charge on any atom is -0.493 e. The second kappa shape index (κ2) is 7.51. The van der Waals surface area contributed by atoms with Gasteiger partial charge in [-0.2, -0.15) is 0 Å². The smallest absolute Gasteiger partial charge is 0.335 e. The average Bonchev–Trinajstić information content (AvgIpc) is 2.66. The van der Waals surface area contributed by atoms with Crippen molar-refractivity contribution >= 4 is 41.2 Å². The predicted octanol–water partition coefficient (Wildman–Crippen LogP) is 3.02. The number of amides is 4. The zero-order chi connectivity index (χ0) is 19.6. The van der Waals surface area contributed by atoms with Crippen molar-refractivity contribution in [1.82, 2.24) is 5.32 Å². The van der Waals surface area contributed by atoms with Gasteiger partial charge in [0.1, 0.15) is 5.57 Å². The van der Waals surface area contributed by atoms with E-state index < -0.39 is 17.8 Å². The van der Waals surface area contributed by atoms with Crippen LogP contribution in [0.5, 0.6) is 11.5 Å². The summed E-state index contributed by atoms with van der Waals surface area (Å²) in [5.74, 6) is -0.615. The van der Waals surface area contributed by atoms with Gasteiger partial charge in [0.25, 0.3) is 11.8 Å². The lowest BCUT2D eigenvalue weighted by Crippen LogP contribution is -2.54. The van der Waals surface area contributed by atoms with Crippen LogP contribution in [0.25, 0.3) is 6.08 Å². The maximum Gasteiger partial charge on any atom is 0.335 e. The SMILES string of the molecule is COc1ccc(/C=C2\C(=O)NC(=O)N(c3ccccc3Cl)C2=O)cc1OC. The van der Waals surface area contributed by atoms with E-state index in [0.29, 0.717) is 17.1 Å². The number of para-hydroxylation sites is 1. The third-order valence-corrected chi connectivity index (χ3v) is 4.23. The molecule has 7 nitrogen and oxygen atoms in total. The van der Waals surface area contributed by atoms with E-state index in [9.17, 15) is 14.4 Å². The molecule has 138 valence electrons. The van der Waals surface area contributed by atoms with Gasteiger partial charge in [-0.1, -0.05) is 29.8 Å². The van der Waals surface area contributed by atoms with E-state index in [1.807, 2.05) is 0 Å².